The highest BCUT2D eigenvalue weighted by atomic mass is 32.2. The highest BCUT2D eigenvalue weighted by Crippen LogP contribution is 2.33. The Morgan fingerprint density at radius 2 is 1.69 bits per heavy atom. The quantitative estimate of drug-likeness (QED) is 0.826. The Morgan fingerprint density at radius 3 is 2.42 bits per heavy atom. The van der Waals surface area contributed by atoms with Crippen LogP contribution >= 0.6 is 0 Å². The van der Waals surface area contributed by atoms with Gasteiger partial charge in [-0.2, -0.15) is 0 Å². The maximum atomic E-state index is 12.9. The SMILES string of the molecule is O=C(c1ccc2c(c1)CCN2S(=O)(=O)c1ccccc1)N1CCOCC1. The van der Waals surface area contributed by atoms with E-state index in [4.69, 9.17) is 4.74 Å². The molecule has 2 heterocycles. The van der Waals surface area contributed by atoms with Gasteiger partial charge in [0.2, 0.25) is 0 Å². The number of nitrogens with zero attached hydrogens (tertiary/aromatic N) is 2. The van der Waals surface area contributed by atoms with Crippen LogP contribution in [0.5, 0.6) is 0 Å². The van der Waals surface area contributed by atoms with E-state index in [0.717, 1.165) is 5.56 Å². The number of sulfonamides is 1. The molecular formula is C19H20N2O4S. The normalized spacial score (nSPS) is 17.2. The van der Waals surface area contributed by atoms with E-state index >= 15 is 0 Å². The Balaban J connectivity index is 1.62. The molecule has 6 nitrogen and oxygen atoms in total. The van der Waals surface area contributed by atoms with Gasteiger partial charge in [0, 0.05) is 25.2 Å². The Bertz CT molecular complexity index is 922. The molecule has 0 N–H and O–H groups in total. The molecule has 136 valence electrons. The van der Waals surface area contributed by atoms with Gasteiger partial charge in [-0.15, -0.1) is 0 Å². The van der Waals surface area contributed by atoms with E-state index in [1.807, 2.05) is 6.07 Å². The number of morpholine rings is 1. The van der Waals surface area contributed by atoms with Crippen LogP contribution in [0.3, 0.4) is 0 Å². The minimum absolute atomic E-state index is 0.0273. The number of benzene rings is 2. The molecule has 0 radical (unpaired) electrons. The maximum absolute atomic E-state index is 12.9. The van der Waals surface area contributed by atoms with Crippen molar-refractivity contribution in [2.45, 2.75) is 11.3 Å². The minimum Gasteiger partial charge on any atom is -0.378 e. The molecule has 0 unspecified atom stereocenters. The van der Waals surface area contributed by atoms with Gasteiger partial charge in [-0.3, -0.25) is 9.10 Å². The molecular weight excluding hydrogens is 352 g/mol. The van der Waals surface area contributed by atoms with Crippen molar-refractivity contribution >= 4 is 21.6 Å². The molecule has 1 saturated heterocycles. The van der Waals surface area contributed by atoms with Crippen LogP contribution in [0.2, 0.25) is 0 Å². The molecule has 2 aliphatic heterocycles. The molecule has 2 aromatic rings. The van der Waals surface area contributed by atoms with Crippen LogP contribution in [-0.4, -0.2) is 52.1 Å². The summed E-state index contributed by atoms with van der Waals surface area (Å²) < 4.78 is 32.5. The van der Waals surface area contributed by atoms with Crippen molar-refractivity contribution in [1.29, 1.82) is 0 Å². The summed E-state index contributed by atoms with van der Waals surface area (Å²) in [6, 6.07) is 13.7. The zero-order chi connectivity index (χ0) is 18.1. The fourth-order valence-corrected chi connectivity index (χ4v) is 4.95. The smallest absolute Gasteiger partial charge is 0.264 e. The average molecular weight is 372 g/mol. The maximum Gasteiger partial charge on any atom is 0.264 e. The third-order valence-electron chi connectivity index (χ3n) is 4.81. The van der Waals surface area contributed by atoms with E-state index in [1.165, 1.54) is 4.31 Å². The van der Waals surface area contributed by atoms with Crippen LogP contribution in [-0.2, 0) is 21.2 Å². The van der Waals surface area contributed by atoms with Gasteiger partial charge in [0.05, 0.1) is 23.8 Å². The van der Waals surface area contributed by atoms with Crippen LogP contribution in [0, 0.1) is 0 Å². The molecule has 0 spiro atoms. The van der Waals surface area contributed by atoms with Crippen LogP contribution < -0.4 is 4.31 Å². The highest BCUT2D eigenvalue weighted by Gasteiger charge is 2.31. The summed E-state index contributed by atoms with van der Waals surface area (Å²) in [6.45, 7) is 2.68. The van der Waals surface area contributed by atoms with E-state index in [1.54, 1.807) is 47.4 Å². The molecule has 4 rings (SSSR count). The largest absolute Gasteiger partial charge is 0.378 e. The summed E-state index contributed by atoms with van der Waals surface area (Å²) in [4.78, 5) is 14.7. The number of fused-ring (bicyclic) bond motifs is 1. The monoisotopic (exact) mass is 372 g/mol. The van der Waals surface area contributed by atoms with E-state index in [0.29, 0.717) is 50.5 Å². The number of carbonyl (C=O) groups excluding carboxylic acids is 1. The number of amides is 1. The molecule has 0 aliphatic carbocycles. The summed E-state index contributed by atoms with van der Waals surface area (Å²) in [7, 11) is -3.58. The van der Waals surface area contributed by atoms with Crippen molar-refractivity contribution in [3.63, 3.8) is 0 Å². The Hall–Kier alpha value is -2.38. The summed E-state index contributed by atoms with van der Waals surface area (Å²) in [5.41, 5.74) is 2.15. The Kier molecular flexibility index (Phi) is 4.42. The lowest BCUT2D eigenvalue weighted by Gasteiger charge is -2.27. The number of anilines is 1. The summed E-state index contributed by atoms with van der Waals surface area (Å²) in [5, 5.41) is 0. The van der Waals surface area contributed by atoms with Gasteiger partial charge in [-0.1, -0.05) is 18.2 Å². The number of hydrogen-bond donors (Lipinski definition) is 0. The van der Waals surface area contributed by atoms with Gasteiger partial charge in [-0.25, -0.2) is 8.42 Å². The third kappa shape index (κ3) is 2.97. The van der Waals surface area contributed by atoms with Crippen molar-refractivity contribution in [1.82, 2.24) is 4.90 Å². The van der Waals surface area contributed by atoms with E-state index in [-0.39, 0.29) is 10.8 Å². The molecule has 7 heteroatoms. The predicted octanol–water partition coefficient (Wildman–Crippen LogP) is 1.91. The third-order valence-corrected chi connectivity index (χ3v) is 6.64. The molecule has 0 saturated carbocycles. The zero-order valence-electron chi connectivity index (χ0n) is 14.3. The number of carbonyl (C=O) groups is 1. The van der Waals surface area contributed by atoms with Crippen LogP contribution in [0.25, 0.3) is 0 Å². The van der Waals surface area contributed by atoms with Crippen LogP contribution in [0.15, 0.2) is 53.4 Å². The molecule has 2 aromatic carbocycles. The van der Waals surface area contributed by atoms with Crippen molar-refractivity contribution in [3.8, 4) is 0 Å². The first-order chi connectivity index (χ1) is 12.6. The molecule has 0 atom stereocenters. The Morgan fingerprint density at radius 1 is 0.962 bits per heavy atom. The van der Waals surface area contributed by atoms with E-state index in [9.17, 15) is 13.2 Å². The standard InChI is InChI=1S/C19H20N2O4S/c22-19(20-10-12-25-13-11-20)16-6-7-18-15(14-16)8-9-21(18)26(23,24)17-4-2-1-3-5-17/h1-7,14H,8-13H2. The highest BCUT2D eigenvalue weighted by molar-refractivity contribution is 7.92. The molecule has 0 aromatic heterocycles. The summed E-state index contributed by atoms with van der Waals surface area (Å²) in [6.07, 6.45) is 0.603. The van der Waals surface area contributed by atoms with Gasteiger partial charge >= 0.3 is 0 Å². The summed E-state index contributed by atoms with van der Waals surface area (Å²) in [5.74, 6) is -0.0273. The van der Waals surface area contributed by atoms with Crippen LogP contribution in [0.4, 0.5) is 5.69 Å². The second-order valence-corrected chi connectivity index (χ2v) is 8.25. The second-order valence-electron chi connectivity index (χ2n) is 6.39. The summed E-state index contributed by atoms with van der Waals surface area (Å²) >= 11 is 0. The first-order valence-corrected chi connectivity index (χ1v) is 10.1. The molecule has 1 amide bonds. The van der Waals surface area contributed by atoms with Crippen molar-refractivity contribution in [2.24, 2.45) is 0 Å². The number of ether oxygens (including phenoxy) is 1. The van der Waals surface area contributed by atoms with Gasteiger partial charge in [0.1, 0.15) is 0 Å². The van der Waals surface area contributed by atoms with Crippen molar-refractivity contribution < 1.29 is 17.9 Å². The lowest BCUT2D eigenvalue weighted by Crippen LogP contribution is -2.40. The van der Waals surface area contributed by atoms with E-state index in [2.05, 4.69) is 0 Å². The first-order valence-electron chi connectivity index (χ1n) is 8.65. The van der Waals surface area contributed by atoms with Gasteiger partial charge < -0.3 is 9.64 Å². The first kappa shape index (κ1) is 17.1. The fourth-order valence-electron chi connectivity index (χ4n) is 3.42. The Labute approximate surface area is 153 Å². The second kappa shape index (κ2) is 6.74. The molecule has 0 bridgehead atoms. The topological polar surface area (TPSA) is 66.9 Å². The predicted molar refractivity (Wildman–Crippen MR) is 97.8 cm³/mol. The molecule has 1 fully saturated rings. The van der Waals surface area contributed by atoms with Crippen molar-refractivity contribution in [2.75, 3.05) is 37.2 Å². The fraction of sp³-hybridized carbons (Fsp3) is 0.316. The molecule has 2 aliphatic rings. The lowest BCUT2D eigenvalue weighted by molar-refractivity contribution is 0.0303. The van der Waals surface area contributed by atoms with Gasteiger partial charge in [0.15, 0.2) is 0 Å². The lowest BCUT2D eigenvalue weighted by atomic mass is 10.1. The van der Waals surface area contributed by atoms with Crippen LogP contribution in [0.1, 0.15) is 15.9 Å². The number of rotatable bonds is 3. The minimum atomic E-state index is -3.58. The van der Waals surface area contributed by atoms with Crippen molar-refractivity contribution in [3.05, 3.63) is 59.7 Å². The van der Waals surface area contributed by atoms with Gasteiger partial charge in [-0.05, 0) is 42.3 Å². The number of hydrogen-bond acceptors (Lipinski definition) is 4. The van der Waals surface area contributed by atoms with E-state index < -0.39 is 10.0 Å². The zero-order valence-corrected chi connectivity index (χ0v) is 15.1. The molecule has 26 heavy (non-hydrogen) atoms. The van der Waals surface area contributed by atoms with Gasteiger partial charge in [0.25, 0.3) is 15.9 Å². The average Bonchev–Trinajstić information content (AvgIpc) is 3.13.